The molecule has 0 unspecified atom stereocenters. The van der Waals surface area contributed by atoms with Crippen LogP contribution in [0.5, 0.6) is 0 Å². The standard InChI is InChI=1S/C25H23BrN4O3S/c1-17-9-10-18(15-23(17)34(31,32)30-11-13-33-14-12-30)24-21-7-2-3-8-22(21)25(29-28-24)27-20-6-4-5-19(26)16-20/h2-10,15-16H,11-14H2,1H3,(H,27,29). The molecule has 5 rings (SSSR count). The van der Waals surface area contributed by atoms with Gasteiger partial charge < -0.3 is 10.1 Å². The molecule has 0 radical (unpaired) electrons. The van der Waals surface area contributed by atoms with Gasteiger partial charge in [0.1, 0.15) is 5.69 Å². The smallest absolute Gasteiger partial charge is 0.243 e. The number of halogens is 1. The number of fused-ring (bicyclic) bond motifs is 1. The lowest BCUT2D eigenvalue weighted by atomic mass is 10.0. The lowest BCUT2D eigenvalue weighted by molar-refractivity contribution is 0.0730. The van der Waals surface area contributed by atoms with Crippen molar-refractivity contribution in [2.75, 3.05) is 31.6 Å². The highest BCUT2D eigenvalue weighted by Crippen LogP contribution is 2.33. The Kier molecular flexibility index (Phi) is 6.35. The third kappa shape index (κ3) is 4.44. The maximum Gasteiger partial charge on any atom is 0.243 e. The first-order valence-corrected chi connectivity index (χ1v) is 13.1. The highest BCUT2D eigenvalue weighted by atomic mass is 79.9. The minimum atomic E-state index is -3.64. The van der Waals surface area contributed by atoms with E-state index in [1.54, 1.807) is 6.07 Å². The summed E-state index contributed by atoms with van der Waals surface area (Å²) in [6.45, 7) is 3.32. The van der Waals surface area contributed by atoms with Crippen LogP contribution < -0.4 is 5.32 Å². The highest BCUT2D eigenvalue weighted by molar-refractivity contribution is 9.10. The van der Waals surface area contributed by atoms with Crippen molar-refractivity contribution in [3.63, 3.8) is 0 Å². The van der Waals surface area contributed by atoms with Gasteiger partial charge in [0, 0.05) is 39.6 Å². The molecular weight excluding hydrogens is 516 g/mol. The van der Waals surface area contributed by atoms with Crippen molar-refractivity contribution in [3.05, 3.63) is 76.8 Å². The van der Waals surface area contributed by atoms with Crippen molar-refractivity contribution in [2.45, 2.75) is 11.8 Å². The highest BCUT2D eigenvalue weighted by Gasteiger charge is 2.28. The Morgan fingerprint density at radius 1 is 0.941 bits per heavy atom. The van der Waals surface area contributed by atoms with E-state index in [4.69, 9.17) is 4.74 Å². The Balaban J connectivity index is 1.58. The van der Waals surface area contributed by atoms with Crippen molar-refractivity contribution in [1.82, 2.24) is 14.5 Å². The topological polar surface area (TPSA) is 84.4 Å². The molecule has 0 saturated carbocycles. The fourth-order valence-electron chi connectivity index (χ4n) is 4.06. The third-order valence-corrected chi connectivity index (χ3v) is 8.36. The van der Waals surface area contributed by atoms with Gasteiger partial charge in [-0.3, -0.25) is 0 Å². The molecular formula is C25H23BrN4O3S. The molecule has 34 heavy (non-hydrogen) atoms. The maximum absolute atomic E-state index is 13.4. The summed E-state index contributed by atoms with van der Waals surface area (Å²) in [5, 5.41) is 14.1. The number of morpholine rings is 1. The van der Waals surface area contributed by atoms with Crippen molar-refractivity contribution in [3.8, 4) is 11.3 Å². The van der Waals surface area contributed by atoms with Crippen molar-refractivity contribution >= 4 is 48.2 Å². The predicted molar refractivity (Wildman–Crippen MR) is 137 cm³/mol. The van der Waals surface area contributed by atoms with E-state index in [0.717, 1.165) is 20.9 Å². The third-order valence-electron chi connectivity index (χ3n) is 5.82. The molecule has 1 N–H and O–H groups in total. The number of aryl methyl sites for hydroxylation is 1. The quantitative estimate of drug-likeness (QED) is 0.379. The molecule has 1 aromatic heterocycles. The molecule has 174 valence electrons. The van der Waals surface area contributed by atoms with Gasteiger partial charge >= 0.3 is 0 Å². The van der Waals surface area contributed by atoms with E-state index in [0.29, 0.717) is 48.9 Å². The minimum Gasteiger partial charge on any atom is -0.379 e. The van der Waals surface area contributed by atoms with E-state index < -0.39 is 10.0 Å². The Morgan fingerprint density at radius 3 is 2.47 bits per heavy atom. The molecule has 9 heteroatoms. The van der Waals surface area contributed by atoms with Crippen LogP contribution in [0.3, 0.4) is 0 Å². The number of nitrogens with zero attached hydrogens (tertiary/aromatic N) is 3. The number of anilines is 2. The zero-order chi connectivity index (χ0) is 23.7. The number of rotatable bonds is 5. The van der Waals surface area contributed by atoms with E-state index >= 15 is 0 Å². The first-order chi connectivity index (χ1) is 16.4. The molecule has 1 aliphatic rings. The molecule has 4 aromatic rings. The summed E-state index contributed by atoms with van der Waals surface area (Å²) in [5.74, 6) is 0.630. The Morgan fingerprint density at radius 2 is 1.71 bits per heavy atom. The van der Waals surface area contributed by atoms with Crippen LogP contribution in [0.15, 0.2) is 76.1 Å². The fraction of sp³-hybridized carbons (Fsp3) is 0.200. The van der Waals surface area contributed by atoms with Crippen LogP contribution in [-0.4, -0.2) is 49.2 Å². The summed E-state index contributed by atoms with van der Waals surface area (Å²) in [4.78, 5) is 0.286. The summed E-state index contributed by atoms with van der Waals surface area (Å²) in [5.41, 5.74) is 2.92. The van der Waals surface area contributed by atoms with Gasteiger partial charge in [-0.25, -0.2) is 8.42 Å². The van der Waals surface area contributed by atoms with Crippen LogP contribution in [0.1, 0.15) is 5.56 Å². The fourth-order valence-corrected chi connectivity index (χ4v) is 6.12. The van der Waals surface area contributed by atoms with E-state index in [-0.39, 0.29) is 4.90 Å². The number of sulfonamides is 1. The Bertz CT molecular complexity index is 1470. The minimum absolute atomic E-state index is 0.286. The summed E-state index contributed by atoms with van der Waals surface area (Å²) < 4.78 is 34.5. The van der Waals surface area contributed by atoms with Gasteiger partial charge in [0.15, 0.2) is 5.82 Å². The van der Waals surface area contributed by atoms with Gasteiger partial charge in [0.2, 0.25) is 10.0 Å². The first-order valence-electron chi connectivity index (χ1n) is 10.9. The molecule has 0 amide bonds. The molecule has 0 bridgehead atoms. The molecule has 2 heterocycles. The maximum atomic E-state index is 13.4. The van der Waals surface area contributed by atoms with Crippen LogP contribution in [-0.2, 0) is 14.8 Å². The first kappa shape index (κ1) is 22.9. The van der Waals surface area contributed by atoms with E-state index in [1.807, 2.05) is 67.6 Å². The van der Waals surface area contributed by atoms with E-state index in [1.165, 1.54) is 4.31 Å². The van der Waals surface area contributed by atoms with Gasteiger partial charge in [0.25, 0.3) is 0 Å². The number of nitrogens with one attached hydrogen (secondary N) is 1. The second kappa shape index (κ2) is 9.42. The van der Waals surface area contributed by atoms with E-state index in [9.17, 15) is 8.42 Å². The monoisotopic (exact) mass is 538 g/mol. The number of ether oxygens (including phenoxy) is 1. The summed E-state index contributed by atoms with van der Waals surface area (Å²) in [6, 6.07) is 21.1. The average molecular weight is 539 g/mol. The molecule has 1 aliphatic heterocycles. The van der Waals surface area contributed by atoms with E-state index in [2.05, 4.69) is 31.4 Å². The number of benzene rings is 3. The van der Waals surface area contributed by atoms with Gasteiger partial charge in [-0.15, -0.1) is 10.2 Å². The van der Waals surface area contributed by atoms with Crippen molar-refractivity contribution in [1.29, 1.82) is 0 Å². The number of hydrogen-bond acceptors (Lipinski definition) is 6. The summed E-state index contributed by atoms with van der Waals surface area (Å²) in [6.07, 6.45) is 0. The van der Waals surface area contributed by atoms with Crippen LogP contribution >= 0.6 is 15.9 Å². The number of aromatic nitrogens is 2. The van der Waals surface area contributed by atoms with Gasteiger partial charge in [-0.05, 0) is 36.8 Å². The SMILES string of the molecule is Cc1ccc(-c2nnc(Nc3cccc(Br)c3)c3ccccc23)cc1S(=O)(=O)N1CCOCC1. The Hall–Kier alpha value is -2.85. The lowest BCUT2D eigenvalue weighted by Crippen LogP contribution is -2.40. The molecule has 0 spiro atoms. The molecule has 3 aromatic carbocycles. The van der Waals surface area contributed by atoms with Crippen molar-refractivity contribution < 1.29 is 13.2 Å². The zero-order valence-electron chi connectivity index (χ0n) is 18.5. The zero-order valence-corrected chi connectivity index (χ0v) is 20.9. The van der Waals surface area contributed by atoms with Crippen molar-refractivity contribution in [2.24, 2.45) is 0 Å². The molecule has 1 fully saturated rings. The molecule has 1 saturated heterocycles. The normalized spacial score (nSPS) is 14.9. The van der Waals surface area contributed by atoms with Gasteiger partial charge in [-0.2, -0.15) is 4.31 Å². The average Bonchev–Trinajstić information content (AvgIpc) is 2.85. The van der Waals surface area contributed by atoms with Crippen LogP contribution in [0, 0.1) is 6.92 Å². The summed E-state index contributed by atoms with van der Waals surface area (Å²) in [7, 11) is -3.64. The van der Waals surface area contributed by atoms with Crippen LogP contribution in [0.25, 0.3) is 22.0 Å². The second-order valence-electron chi connectivity index (χ2n) is 8.07. The number of hydrogen-bond donors (Lipinski definition) is 1. The van der Waals surface area contributed by atoms with Crippen LogP contribution in [0.4, 0.5) is 11.5 Å². The Labute approximate surface area is 207 Å². The van der Waals surface area contributed by atoms with Gasteiger partial charge in [-0.1, -0.05) is 58.4 Å². The largest absolute Gasteiger partial charge is 0.379 e. The molecule has 7 nitrogen and oxygen atoms in total. The van der Waals surface area contributed by atoms with Crippen LogP contribution in [0.2, 0.25) is 0 Å². The van der Waals surface area contributed by atoms with Gasteiger partial charge in [0.05, 0.1) is 18.1 Å². The lowest BCUT2D eigenvalue weighted by Gasteiger charge is -2.26. The predicted octanol–water partition coefficient (Wildman–Crippen LogP) is 5.13. The summed E-state index contributed by atoms with van der Waals surface area (Å²) >= 11 is 3.49. The molecule has 0 aliphatic carbocycles. The second-order valence-corrected chi connectivity index (χ2v) is 10.9. The molecule has 0 atom stereocenters.